The number of hydrogen-bond donors (Lipinski definition) is 2. The van der Waals surface area contributed by atoms with Gasteiger partial charge in [-0.25, -0.2) is 0 Å². The van der Waals surface area contributed by atoms with Crippen LogP contribution in [-0.4, -0.2) is 5.91 Å². The Bertz CT molecular complexity index is 455. The fourth-order valence-corrected chi connectivity index (χ4v) is 2.67. The van der Waals surface area contributed by atoms with Crippen molar-refractivity contribution in [2.75, 3.05) is 11.1 Å². The maximum absolute atomic E-state index is 12.2. The van der Waals surface area contributed by atoms with Crippen LogP contribution >= 0.6 is 12.4 Å². The molecule has 0 heterocycles. The number of hydrogen-bond acceptors (Lipinski definition) is 2. The molecule has 1 aliphatic rings. The average Bonchev–Trinajstić information content (AvgIpc) is 2.61. The van der Waals surface area contributed by atoms with Gasteiger partial charge in [0.1, 0.15) is 0 Å². The third kappa shape index (κ3) is 2.07. The summed E-state index contributed by atoms with van der Waals surface area (Å²) in [5, 5.41) is 2.92. The number of benzene rings is 1. The highest BCUT2D eigenvalue weighted by Gasteiger charge is 2.68. The van der Waals surface area contributed by atoms with Gasteiger partial charge in [-0.05, 0) is 23.0 Å². The number of carbonyl (C=O) groups excluding carboxylic acids is 1. The number of nitrogens with one attached hydrogen (secondary N) is 1. The van der Waals surface area contributed by atoms with Crippen LogP contribution in [0.15, 0.2) is 24.3 Å². The summed E-state index contributed by atoms with van der Waals surface area (Å²) in [6, 6.07) is 7.35. The van der Waals surface area contributed by atoms with E-state index in [0.717, 1.165) is 0 Å². The highest BCUT2D eigenvalue weighted by atomic mass is 35.5. The van der Waals surface area contributed by atoms with Crippen LogP contribution in [0.2, 0.25) is 0 Å². The lowest BCUT2D eigenvalue weighted by molar-refractivity contribution is -0.118. The van der Waals surface area contributed by atoms with Crippen molar-refractivity contribution in [3.05, 3.63) is 24.3 Å². The zero-order chi connectivity index (χ0) is 12.8. The van der Waals surface area contributed by atoms with Gasteiger partial charge in [0.2, 0.25) is 5.91 Å². The Morgan fingerprint density at radius 1 is 1.17 bits per heavy atom. The molecule has 100 valence electrons. The fourth-order valence-electron chi connectivity index (χ4n) is 2.67. The molecule has 3 N–H and O–H groups in total. The monoisotopic (exact) mass is 268 g/mol. The molecule has 0 saturated heterocycles. The SMILES string of the molecule is CC1(C)C(C(=O)Nc2ccccc2N)C1(C)C.Cl. The van der Waals surface area contributed by atoms with E-state index in [2.05, 4.69) is 33.0 Å². The van der Waals surface area contributed by atoms with Crippen molar-refractivity contribution in [2.45, 2.75) is 27.7 Å². The Morgan fingerprint density at radius 3 is 2.11 bits per heavy atom. The molecule has 0 radical (unpaired) electrons. The maximum atomic E-state index is 12.2. The molecule has 1 aliphatic carbocycles. The Kier molecular flexibility index (Phi) is 3.68. The lowest BCUT2D eigenvalue weighted by atomic mass is 10.0. The lowest BCUT2D eigenvalue weighted by Gasteiger charge is -2.08. The highest BCUT2D eigenvalue weighted by Crippen LogP contribution is 2.68. The topological polar surface area (TPSA) is 55.1 Å². The summed E-state index contributed by atoms with van der Waals surface area (Å²) in [6.07, 6.45) is 0. The van der Waals surface area contributed by atoms with Gasteiger partial charge < -0.3 is 11.1 Å². The molecule has 0 atom stereocenters. The van der Waals surface area contributed by atoms with Gasteiger partial charge in [-0.2, -0.15) is 0 Å². The van der Waals surface area contributed by atoms with Crippen molar-refractivity contribution in [3.63, 3.8) is 0 Å². The molecule has 2 rings (SSSR count). The van der Waals surface area contributed by atoms with Crippen LogP contribution in [0.4, 0.5) is 11.4 Å². The molecular weight excluding hydrogens is 248 g/mol. The fraction of sp³-hybridized carbons (Fsp3) is 0.500. The van der Waals surface area contributed by atoms with E-state index < -0.39 is 0 Å². The van der Waals surface area contributed by atoms with Crippen molar-refractivity contribution in [3.8, 4) is 0 Å². The minimum absolute atomic E-state index is 0. The number of nitrogens with two attached hydrogens (primary N) is 1. The first-order chi connectivity index (χ1) is 7.78. The molecule has 3 nitrogen and oxygen atoms in total. The standard InChI is InChI=1S/C14H20N2O.ClH/c1-13(2)11(14(13,3)4)12(17)16-10-8-6-5-7-9(10)15;/h5-8,11H,15H2,1-4H3,(H,16,17);1H. The van der Waals surface area contributed by atoms with Crippen LogP contribution in [0.1, 0.15) is 27.7 Å². The maximum Gasteiger partial charge on any atom is 0.228 e. The first-order valence-electron chi connectivity index (χ1n) is 5.94. The van der Waals surface area contributed by atoms with Crippen LogP contribution in [0, 0.1) is 16.7 Å². The van der Waals surface area contributed by atoms with Crippen molar-refractivity contribution in [2.24, 2.45) is 16.7 Å². The summed E-state index contributed by atoms with van der Waals surface area (Å²) >= 11 is 0. The minimum atomic E-state index is 0. The van der Waals surface area contributed by atoms with Gasteiger partial charge in [0.25, 0.3) is 0 Å². The normalized spacial score (nSPS) is 19.8. The van der Waals surface area contributed by atoms with Crippen molar-refractivity contribution < 1.29 is 4.79 Å². The molecule has 1 fully saturated rings. The second-order valence-corrected chi connectivity index (χ2v) is 5.95. The van der Waals surface area contributed by atoms with Crippen LogP contribution in [0.5, 0.6) is 0 Å². The molecule has 1 amide bonds. The van der Waals surface area contributed by atoms with Crippen molar-refractivity contribution in [1.82, 2.24) is 0 Å². The summed E-state index contributed by atoms with van der Waals surface area (Å²) in [7, 11) is 0. The first kappa shape index (κ1) is 14.8. The summed E-state index contributed by atoms with van der Waals surface area (Å²) in [5.41, 5.74) is 7.24. The van der Waals surface area contributed by atoms with Gasteiger partial charge in [0.15, 0.2) is 0 Å². The predicted octanol–water partition coefficient (Wildman–Crippen LogP) is 3.31. The first-order valence-corrected chi connectivity index (χ1v) is 5.94. The smallest absolute Gasteiger partial charge is 0.228 e. The molecule has 0 aromatic heterocycles. The zero-order valence-corrected chi connectivity index (χ0v) is 12.1. The van der Waals surface area contributed by atoms with Crippen molar-refractivity contribution >= 4 is 29.7 Å². The quantitative estimate of drug-likeness (QED) is 0.809. The van der Waals surface area contributed by atoms with E-state index in [1.54, 1.807) is 6.07 Å². The number of rotatable bonds is 2. The zero-order valence-electron chi connectivity index (χ0n) is 11.3. The highest BCUT2D eigenvalue weighted by molar-refractivity contribution is 5.98. The average molecular weight is 269 g/mol. The molecule has 0 unspecified atom stereocenters. The molecule has 4 heteroatoms. The largest absolute Gasteiger partial charge is 0.397 e. The number of amides is 1. The van der Waals surface area contributed by atoms with E-state index in [4.69, 9.17) is 5.73 Å². The third-order valence-electron chi connectivity index (χ3n) is 4.50. The molecule has 0 bridgehead atoms. The molecule has 1 aromatic rings. The summed E-state index contributed by atoms with van der Waals surface area (Å²) in [5.74, 6) is 0.118. The van der Waals surface area contributed by atoms with Gasteiger partial charge >= 0.3 is 0 Å². The van der Waals surface area contributed by atoms with Crippen molar-refractivity contribution in [1.29, 1.82) is 0 Å². The Hall–Kier alpha value is -1.22. The van der Waals surface area contributed by atoms with E-state index in [0.29, 0.717) is 11.4 Å². The van der Waals surface area contributed by atoms with Gasteiger partial charge in [0, 0.05) is 5.92 Å². The van der Waals surface area contributed by atoms with E-state index in [-0.39, 0.29) is 35.1 Å². The van der Waals surface area contributed by atoms with Crippen LogP contribution in [-0.2, 0) is 4.79 Å². The molecule has 18 heavy (non-hydrogen) atoms. The summed E-state index contributed by atoms with van der Waals surface area (Å²) < 4.78 is 0. The summed E-state index contributed by atoms with van der Waals surface area (Å²) in [4.78, 5) is 12.2. The second-order valence-electron chi connectivity index (χ2n) is 5.95. The van der Waals surface area contributed by atoms with E-state index >= 15 is 0 Å². The Labute approximate surface area is 115 Å². The molecule has 0 spiro atoms. The summed E-state index contributed by atoms with van der Waals surface area (Å²) in [6.45, 7) is 8.52. The second kappa shape index (κ2) is 4.47. The van der Waals surface area contributed by atoms with Crippen LogP contribution < -0.4 is 11.1 Å². The molecular formula is C14H21ClN2O. The van der Waals surface area contributed by atoms with E-state index in [1.165, 1.54) is 0 Å². The number of para-hydroxylation sites is 2. The third-order valence-corrected chi connectivity index (χ3v) is 4.50. The number of halogens is 1. The van der Waals surface area contributed by atoms with Gasteiger partial charge in [0.05, 0.1) is 11.4 Å². The minimum Gasteiger partial charge on any atom is -0.397 e. The van der Waals surface area contributed by atoms with Gasteiger partial charge in [-0.15, -0.1) is 12.4 Å². The predicted molar refractivity (Wildman–Crippen MR) is 77.8 cm³/mol. The van der Waals surface area contributed by atoms with Crippen LogP contribution in [0.25, 0.3) is 0 Å². The number of anilines is 2. The molecule has 1 aromatic carbocycles. The van der Waals surface area contributed by atoms with Gasteiger partial charge in [-0.1, -0.05) is 39.8 Å². The number of nitrogen functional groups attached to an aromatic ring is 1. The number of carbonyl (C=O) groups is 1. The Balaban J connectivity index is 0.00000162. The van der Waals surface area contributed by atoms with E-state index in [9.17, 15) is 4.79 Å². The van der Waals surface area contributed by atoms with Gasteiger partial charge in [-0.3, -0.25) is 4.79 Å². The lowest BCUT2D eigenvalue weighted by Crippen LogP contribution is -2.18. The van der Waals surface area contributed by atoms with E-state index in [1.807, 2.05) is 18.2 Å². The van der Waals surface area contributed by atoms with Crippen LogP contribution in [0.3, 0.4) is 0 Å². The molecule has 0 aliphatic heterocycles. The molecule has 1 saturated carbocycles. The Morgan fingerprint density at radius 2 is 1.67 bits per heavy atom.